The van der Waals surface area contributed by atoms with Crippen LogP contribution in [0.1, 0.15) is 44.6 Å². The molecule has 0 spiro atoms. The van der Waals surface area contributed by atoms with Crippen molar-refractivity contribution < 1.29 is 9.53 Å². The number of esters is 1. The van der Waals surface area contributed by atoms with Crippen LogP contribution in [0, 0.1) is 0 Å². The summed E-state index contributed by atoms with van der Waals surface area (Å²) in [5, 5.41) is 0. The van der Waals surface area contributed by atoms with Crippen molar-refractivity contribution in [2.75, 3.05) is 18.1 Å². The van der Waals surface area contributed by atoms with E-state index in [0.717, 1.165) is 32.2 Å². The molecular formula is C21H25NO2. The van der Waals surface area contributed by atoms with E-state index < -0.39 is 0 Å². The fourth-order valence-electron chi connectivity index (χ4n) is 3.32. The number of carbonyl (C=O) groups excluding carboxylic acids is 1. The zero-order valence-corrected chi connectivity index (χ0v) is 14.3. The average Bonchev–Trinajstić information content (AvgIpc) is 2.61. The minimum atomic E-state index is -0.0776. The molecule has 0 radical (unpaired) electrons. The summed E-state index contributed by atoms with van der Waals surface area (Å²) < 4.78 is 4.98. The first-order valence-corrected chi connectivity index (χ1v) is 8.89. The van der Waals surface area contributed by atoms with Gasteiger partial charge in [-0.2, -0.15) is 0 Å². The average molecular weight is 323 g/mol. The second kappa shape index (κ2) is 8.00. The number of anilines is 1. The summed E-state index contributed by atoms with van der Waals surface area (Å²) in [6.45, 7) is 3.31. The zero-order chi connectivity index (χ0) is 16.8. The smallest absolute Gasteiger partial charge is 0.305 e. The molecule has 0 atom stereocenters. The molecule has 24 heavy (non-hydrogen) atoms. The molecule has 0 saturated carbocycles. The third-order valence-corrected chi connectivity index (χ3v) is 4.47. The van der Waals surface area contributed by atoms with E-state index >= 15 is 0 Å². The van der Waals surface area contributed by atoms with Gasteiger partial charge in [0.2, 0.25) is 0 Å². The predicted octanol–water partition coefficient (Wildman–Crippen LogP) is 4.86. The Morgan fingerprint density at radius 1 is 1.21 bits per heavy atom. The summed E-state index contributed by atoms with van der Waals surface area (Å²) in [5.41, 5.74) is 5.30. The first kappa shape index (κ1) is 16.6. The second-order valence-electron chi connectivity index (χ2n) is 6.18. The van der Waals surface area contributed by atoms with Crippen molar-refractivity contribution in [2.24, 2.45) is 0 Å². The van der Waals surface area contributed by atoms with Crippen LogP contribution in [0.3, 0.4) is 0 Å². The molecule has 1 aliphatic carbocycles. The van der Waals surface area contributed by atoms with Crippen molar-refractivity contribution in [3.8, 4) is 0 Å². The molecule has 0 aromatic heterocycles. The fraction of sp³-hybridized carbons (Fsp3) is 0.381. The molecule has 0 fully saturated rings. The summed E-state index contributed by atoms with van der Waals surface area (Å²) in [6.07, 6.45) is 13.4. The van der Waals surface area contributed by atoms with E-state index in [4.69, 9.17) is 4.74 Å². The van der Waals surface area contributed by atoms with Crippen molar-refractivity contribution in [2.45, 2.75) is 39.0 Å². The number of hydrogen-bond acceptors (Lipinski definition) is 3. The molecule has 2 aliphatic rings. The summed E-state index contributed by atoms with van der Waals surface area (Å²) in [4.78, 5) is 13.8. The molecule has 1 aromatic rings. The van der Waals surface area contributed by atoms with Gasteiger partial charge < -0.3 is 9.64 Å². The molecule has 0 bridgehead atoms. The lowest BCUT2D eigenvalue weighted by atomic mass is 9.94. The van der Waals surface area contributed by atoms with E-state index in [1.54, 1.807) is 0 Å². The van der Waals surface area contributed by atoms with Crippen LogP contribution in [-0.2, 0) is 9.53 Å². The minimum absolute atomic E-state index is 0.0776. The van der Waals surface area contributed by atoms with Crippen molar-refractivity contribution in [3.05, 3.63) is 59.3 Å². The summed E-state index contributed by atoms with van der Waals surface area (Å²) >= 11 is 0. The largest absolute Gasteiger partial charge is 0.466 e. The molecule has 1 heterocycles. The van der Waals surface area contributed by atoms with Gasteiger partial charge in [0, 0.05) is 24.4 Å². The quantitative estimate of drug-likeness (QED) is 0.530. The highest BCUT2D eigenvalue weighted by Crippen LogP contribution is 2.37. The van der Waals surface area contributed by atoms with Gasteiger partial charge in [-0.25, -0.2) is 0 Å². The van der Waals surface area contributed by atoms with Crippen LogP contribution in [0.25, 0.3) is 6.08 Å². The molecular weight excluding hydrogens is 298 g/mol. The number of carbonyl (C=O) groups is 1. The van der Waals surface area contributed by atoms with E-state index in [9.17, 15) is 4.79 Å². The van der Waals surface area contributed by atoms with E-state index in [-0.39, 0.29) is 5.97 Å². The lowest BCUT2D eigenvalue weighted by Gasteiger charge is -2.35. The number of fused-ring (bicyclic) bond motifs is 2. The number of allylic oxidation sites excluding steroid dienone is 4. The van der Waals surface area contributed by atoms with Gasteiger partial charge in [-0.1, -0.05) is 36.8 Å². The maximum absolute atomic E-state index is 11.4. The topological polar surface area (TPSA) is 29.5 Å². The number of benzene rings is 1. The van der Waals surface area contributed by atoms with Gasteiger partial charge in [0.15, 0.2) is 0 Å². The highest BCUT2D eigenvalue weighted by Gasteiger charge is 2.22. The van der Waals surface area contributed by atoms with Crippen molar-refractivity contribution in [1.29, 1.82) is 0 Å². The molecule has 0 saturated heterocycles. The van der Waals surface area contributed by atoms with Gasteiger partial charge in [0.05, 0.1) is 6.61 Å². The standard InChI is InChI=1S/C21H25NO2/c1-2-24-21(23)14-4-3-9-15-22-19-12-7-5-10-17(19)16-18-11-6-8-13-20(18)22/h5-8,10,12-13,16H,2-4,9,11,14-15H2,1H3. The van der Waals surface area contributed by atoms with Gasteiger partial charge in [-0.05, 0) is 55.5 Å². The number of ether oxygens (including phenoxy) is 1. The lowest BCUT2D eigenvalue weighted by molar-refractivity contribution is -0.143. The third-order valence-electron chi connectivity index (χ3n) is 4.47. The minimum Gasteiger partial charge on any atom is -0.466 e. The molecule has 1 aliphatic heterocycles. The number of para-hydroxylation sites is 1. The van der Waals surface area contributed by atoms with Crippen molar-refractivity contribution >= 4 is 17.7 Å². The Bertz CT molecular complexity index is 685. The summed E-state index contributed by atoms with van der Waals surface area (Å²) in [7, 11) is 0. The van der Waals surface area contributed by atoms with Gasteiger partial charge in [0.1, 0.15) is 0 Å². The van der Waals surface area contributed by atoms with Gasteiger partial charge in [-0.15, -0.1) is 0 Å². The molecule has 3 nitrogen and oxygen atoms in total. The molecule has 0 amide bonds. The predicted molar refractivity (Wildman–Crippen MR) is 98.7 cm³/mol. The van der Waals surface area contributed by atoms with Crippen LogP contribution in [-0.4, -0.2) is 19.1 Å². The molecule has 0 N–H and O–H groups in total. The third kappa shape index (κ3) is 3.78. The van der Waals surface area contributed by atoms with Gasteiger partial charge in [-0.3, -0.25) is 4.79 Å². The van der Waals surface area contributed by atoms with Crippen molar-refractivity contribution in [3.63, 3.8) is 0 Å². The van der Waals surface area contributed by atoms with E-state index in [2.05, 4.69) is 53.5 Å². The highest BCUT2D eigenvalue weighted by molar-refractivity contribution is 5.80. The molecule has 0 unspecified atom stereocenters. The molecule has 3 heteroatoms. The molecule has 126 valence electrons. The number of hydrogen-bond donors (Lipinski definition) is 0. The Labute approximate surface area is 144 Å². The molecule has 3 rings (SSSR count). The normalized spacial score (nSPS) is 15.3. The molecule has 1 aromatic carbocycles. The monoisotopic (exact) mass is 323 g/mol. The van der Waals surface area contributed by atoms with E-state index in [0.29, 0.717) is 13.0 Å². The van der Waals surface area contributed by atoms with Crippen LogP contribution < -0.4 is 4.90 Å². The van der Waals surface area contributed by atoms with Gasteiger partial charge >= 0.3 is 5.97 Å². The van der Waals surface area contributed by atoms with Crippen LogP contribution in [0.2, 0.25) is 0 Å². The Hall–Kier alpha value is -2.29. The Morgan fingerprint density at radius 3 is 2.96 bits per heavy atom. The number of nitrogens with zero attached hydrogens (tertiary/aromatic N) is 1. The first-order valence-electron chi connectivity index (χ1n) is 8.89. The van der Waals surface area contributed by atoms with Crippen LogP contribution >= 0.6 is 0 Å². The maximum atomic E-state index is 11.4. The van der Waals surface area contributed by atoms with Crippen LogP contribution in [0.5, 0.6) is 0 Å². The summed E-state index contributed by atoms with van der Waals surface area (Å²) in [6, 6.07) is 8.58. The second-order valence-corrected chi connectivity index (χ2v) is 6.18. The summed E-state index contributed by atoms with van der Waals surface area (Å²) in [5.74, 6) is -0.0776. The lowest BCUT2D eigenvalue weighted by Crippen LogP contribution is -2.28. The van der Waals surface area contributed by atoms with Gasteiger partial charge in [0.25, 0.3) is 0 Å². The number of unbranched alkanes of at least 4 members (excludes halogenated alkanes) is 2. The van der Waals surface area contributed by atoms with E-state index in [1.165, 1.54) is 22.5 Å². The van der Waals surface area contributed by atoms with Crippen LogP contribution in [0.4, 0.5) is 5.69 Å². The maximum Gasteiger partial charge on any atom is 0.305 e. The fourth-order valence-corrected chi connectivity index (χ4v) is 3.32. The number of rotatable bonds is 7. The Balaban J connectivity index is 1.61. The van der Waals surface area contributed by atoms with Crippen LogP contribution in [0.15, 0.2) is 53.8 Å². The van der Waals surface area contributed by atoms with E-state index in [1.807, 2.05) is 6.92 Å². The Kier molecular flexibility index (Phi) is 5.52. The highest BCUT2D eigenvalue weighted by atomic mass is 16.5. The van der Waals surface area contributed by atoms with Crippen molar-refractivity contribution in [1.82, 2.24) is 0 Å². The SMILES string of the molecule is CCOC(=O)CCCCCN1C2=CC=CCC2=Cc2ccccc21. The zero-order valence-electron chi connectivity index (χ0n) is 14.3. The Morgan fingerprint density at radius 2 is 2.08 bits per heavy atom. The first-order chi connectivity index (χ1) is 11.8.